The maximum atomic E-state index is 11.3. The maximum Gasteiger partial charge on any atom is 0.310 e. The maximum absolute atomic E-state index is 11.3. The fraction of sp³-hybridized carbons (Fsp3) is 0.533. The predicted molar refractivity (Wildman–Crippen MR) is 69.8 cm³/mol. The van der Waals surface area contributed by atoms with Crippen molar-refractivity contribution in [3.05, 3.63) is 29.8 Å². The van der Waals surface area contributed by atoms with Crippen molar-refractivity contribution < 1.29 is 14.6 Å². The lowest BCUT2D eigenvalue weighted by Crippen LogP contribution is -2.32. The summed E-state index contributed by atoms with van der Waals surface area (Å²) in [5.41, 5.74) is 1.13. The molecule has 0 heterocycles. The van der Waals surface area contributed by atoms with Crippen molar-refractivity contribution in [1.82, 2.24) is 0 Å². The van der Waals surface area contributed by atoms with E-state index in [-0.39, 0.29) is 12.0 Å². The molecular formula is C15H20O3. The number of carbonyl (C=O) groups is 1. The fourth-order valence-corrected chi connectivity index (χ4v) is 2.56. The summed E-state index contributed by atoms with van der Waals surface area (Å²) >= 11 is 0. The molecule has 0 amide bonds. The molecule has 0 bridgehead atoms. The van der Waals surface area contributed by atoms with Gasteiger partial charge in [0, 0.05) is 0 Å². The summed E-state index contributed by atoms with van der Waals surface area (Å²) < 4.78 is 5.91. The first kappa shape index (κ1) is 12.9. The normalized spacial score (nSPS) is 24.3. The molecule has 0 aliphatic heterocycles. The lowest BCUT2D eigenvalue weighted by atomic mass is 9.97. The molecule has 1 fully saturated rings. The zero-order valence-corrected chi connectivity index (χ0v) is 10.8. The minimum atomic E-state index is -0.727. The van der Waals surface area contributed by atoms with E-state index in [2.05, 4.69) is 0 Å². The summed E-state index contributed by atoms with van der Waals surface area (Å²) in [7, 11) is 0. The van der Waals surface area contributed by atoms with Crippen molar-refractivity contribution in [2.75, 3.05) is 0 Å². The number of rotatable bonds is 3. The third-order valence-electron chi connectivity index (χ3n) is 3.55. The lowest BCUT2D eigenvalue weighted by molar-refractivity contribution is -0.145. The number of hydrogen-bond acceptors (Lipinski definition) is 2. The largest absolute Gasteiger partial charge is 0.490 e. The van der Waals surface area contributed by atoms with E-state index >= 15 is 0 Å². The van der Waals surface area contributed by atoms with Crippen molar-refractivity contribution in [2.24, 2.45) is 5.92 Å². The molecule has 0 aromatic heterocycles. The van der Waals surface area contributed by atoms with Crippen LogP contribution in [0.3, 0.4) is 0 Å². The number of carboxylic acids is 1. The van der Waals surface area contributed by atoms with Gasteiger partial charge >= 0.3 is 5.97 Å². The van der Waals surface area contributed by atoms with Crippen molar-refractivity contribution in [1.29, 1.82) is 0 Å². The fourth-order valence-electron chi connectivity index (χ4n) is 2.56. The van der Waals surface area contributed by atoms with E-state index in [1.165, 1.54) is 0 Å². The average molecular weight is 248 g/mol. The van der Waals surface area contributed by atoms with Crippen LogP contribution >= 0.6 is 0 Å². The Hall–Kier alpha value is -1.51. The van der Waals surface area contributed by atoms with Crippen LogP contribution < -0.4 is 4.74 Å². The van der Waals surface area contributed by atoms with Gasteiger partial charge in [-0.3, -0.25) is 4.79 Å². The molecule has 2 rings (SSSR count). The van der Waals surface area contributed by atoms with E-state index in [4.69, 9.17) is 4.74 Å². The van der Waals surface area contributed by atoms with Crippen molar-refractivity contribution >= 4 is 5.97 Å². The summed E-state index contributed by atoms with van der Waals surface area (Å²) in [5, 5.41) is 9.29. The van der Waals surface area contributed by atoms with Gasteiger partial charge in [0.2, 0.25) is 0 Å². The number of carboxylic acid groups (broad SMARTS) is 1. The topological polar surface area (TPSA) is 46.5 Å². The van der Waals surface area contributed by atoms with Gasteiger partial charge in [-0.1, -0.05) is 25.0 Å². The van der Waals surface area contributed by atoms with Crippen molar-refractivity contribution in [2.45, 2.75) is 45.1 Å². The Balaban J connectivity index is 2.11. The van der Waals surface area contributed by atoms with Crippen LogP contribution in [0.4, 0.5) is 0 Å². The third-order valence-corrected chi connectivity index (χ3v) is 3.55. The highest BCUT2D eigenvalue weighted by atomic mass is 16.5. The number of aryl methyl sites for hydroxylation is 1. The van der Waals surface area contributed by atoms with E-state index in [9.17, 15) is 9.90 Å². The van der Waals surface area contributed by atoms with E-state index in [0.29, 0.717) is 0 Å². The SMILES string of the molecule is Cc1cccc(OC2CCCCCC2C(=O)O)c1. The predicted octanol–water partition coefficient (Wildman–Crippen LogP) is 3.41. The lowest BCUT2D eigenvalue weighted by Gasteiger charge is -2.23. The molecule has 3 nitrogen and oxygen atoms in total. The van der Waals surface area contributed by atoms with Crippen LogP contribution in [0.1, 0.15) is 37.7 Å². The van der Waals surface area contributed by atoms with E-state index in [0.717, 1.165) is 43.4 Å². The van der Waals surface area contributed by atoms with Gasteiger partial charge in [-0.05, 0) is 43.9 Å². The molecule has 98 valence electrons. The number of benzene rings is 1. The van der Waals surface area contributed by atoms with Crippen LogP contribution in [0.15, 0.2) is 24.3 Å². The molecule has 1 aliphatic rings. The Morgan fingerprint density at radius 3 is 2.78 bits per heavy atom. The molecule has 3 heteroatoms. The summed E-state index contributed by atoms with van der Waals surface area (Å²) in [6.07, 6.45) is 4.53. The number of ether oxygens (including phenoxy) is 1. The van der Waals surface area contributed by atoms with Crippen LogP contribution in [0.5, 0.6) is 5.75 Å². The number of aliphatic carboxylic acids is 1. The first-order valence-corrected chi connectivity index (χ1v) is 6.63. The minimum absolute atomic E-state index is 0.188. The first-order valence-electron chi connectivity index (χ1n) is 6.63. The molecule has 2 atom stereocenters. The van der Waals surface area contributed by atoms with E-state index in [1.807, 2.05) is 31.2 Å². The zero-order chi connectivity index (χ0) is 13.0. The Morgan fingerprint density at radius 2 is 2.06 bits per heavy atom. The van der Waals surface area contributed by atoms with E-state index < -0.39 is 5.97 Å². The minimum Gasteiger partial charge on any atom is -0.490 e. The second-order valence-electron chi connectivity index (χ2n) is 5.06. The van der Waals surface area contributed by atoms with Gasteiger partial charge in [-0.15, -0.1) is 0 Å². The Kier molecular flexibility index (Phi) is 4.24. The molecule has 0 saturated heterocycles. The van der Waals surface area contributed by atoms with Gasteiger partial charge in [0.15, 0.2) is 0 Å². The Bertz CT molecular complexity index is 414. The van der Waals surface area contributed by atoms with E-state index in [1.54, 1.807) is 0 Å². The van der Waals surface area contributed by atoms with Gasteiger partial charge in [-0.2, -0.15) is 0 Å². The molecule has 1 aromatic carbocycles. The quantitative estimate of drug-likeness (QED) is 0.834. The van der Waals surface area contributed by atoms with Crippen molar-refractivity contribution in [3.63, 3.8) is 0 Å². The van der Waals surface area contributed by atoms with Gasteiger partial charge in [-0.25, -0.2) is 0 Å². The second kappa shape index (κ2) is 5.89. The summed E-state index contributed by atoms with van der Waals surface area (Å²) in [6.45, 7) is 2.01. The molecule has 0 radical (unpaired) electrons. The molecule has 1 saturated carbocycles. The first-order chi connectivity index (χ1) is 8.66. The molecule has 1 N–H and O–H groups in total. The van der Waals surface area contributed by atoms with Crippen LogP contribution in [-0.2, 0) is 4.79 Å². The van der Waals surface area contributed by atoms with Gasteiger partial charge in [0.1, 0.15) is 11.9 Å². The third kappa shape index (κ3) is 3.25. The van der Waals surface area contributed by atoms with Crippen molar-refractivity contribution in [3.8, 4) is 5.75 Å². The van der Waals surface area contributed by atoms with Crippen LogP contribution in [0, 0.1) is 12.8 Å². The molecule has 2 unspecified atom stereocenters. The van der Waals surface area contributed by atoms with Gasteiger partial charge in [0.05, 0.1) is 5.92 Å². The average Bonchev–Trinajstić information content (AvgIpc) is 2.54. The Labute approximate surface area is 108 Å². The smallest absolute Gasteiger partial charge is 0.310 e. The monoisotopic (exact) mass is 248 g/mol. The van der Waals surface area contributed by atoms with Gasteiger partial charge < -0.3 is 9.84 Å². The standard InChI is InChI=1S/C15H20O3/c1-11-6-5-7-12(10-11)18-14-9-4-2-3-8-13(14)15(16)17/h5-7,10,13-14H,2-4,8-9H2,1H3,(H,16,17). The summed E-state index contributed by atoms with van der Waals surface area (Å²) in [5.74, 6) is -0.310. The highest BCUT2D eigenvalue weighted by Gasteiger charge is 2.31. The molecule has 0 spiro atoms. The summed E-state index contributed by atoms with van der Waals surface area (Å²) in [6, 6.07) is 7.81. The highest BCUT2D eigenvalue weighted by Crippen LogP contribution is 2.28. The molecule has 18 heavy (non-hydrogen) atoms. The molecule has 1 aromatic rings. The highest BCUT2D eigenvalue weighted by molar-refractivity contribution is 5.70. The molecular weight excluding hydrogens is 228 g/mol. The van der Waals surface area contributed by atoms with Gasteiger partial charge in [0.25, 0.3) is 0 Å². The number of hydrogen-bond donors (Lipinski definition) is 1. The van der Waals surface area contributed by atoms with Crippen LogP contribution in [-0.4, -0.2) is 17.2 Å². The van der Waals surface area contributed by atoms with Crippen LogP contribution in [0.2, 0.25) is 0 Å². The zero-order valence-electron chi connectivity index (χ0n) is 10.8. The van der Waals surface area contributed by atoms with Crippen LogP contribution in [0.25, 0.3) is 0 Å². The Morgan fingerprint density at radius 1 is 1.28 bits per heavy atom. The second-order valence-corrected chi connectivity index (χ2v) is 5.06. The summed E-state index contributed by atoms with van der Waals surface area (Å²) in [4.78, 5) is 11.3. The molecule has 1 aliphatic carbocycles.